The first kappa shape index (κ1) is 17.5. The summed E-state index contributed by atoms with van der Waals surface area (Å²) in [6.07, 6.45) is 2.84. The zero-order valence-corrected chi connectivity index (χ0v) is 16.0. The van der Waals surface area contributed by atoms with Crippen LogP contribution in [-0.2, 0) is 9.53 Å². The van der Waals surface area contributed by atoms with Gasteiger partial charge in [-0.15, -0.1) is 0 Å². The third kappa shape index (κ3) is 3.16. The van der Waals surface area contributed by atoms with Crippen molar-refractivity contribution < 1.29 is 9.53 Å². The molecule has 0 N–H and O–H groups in total. The first-order valence-electron chi connectivity index (χ1n) is 9.54. The van der Waals surface area contributed by atoms with E-state index in [9.17, 15) is 4.79 Å². The van der Waals surface area contributed by atoms with E-state index in [1.807, 2.05) is 44.2 Å². The third-order valence-corrected chi connectivity index (χ3v) is 5.25. The summed E-state index contributed by atoms with van der Waals surface area (Å²) in [7, 11) is 0. The predicted molar refractivity (Wildman–Crippen MR) is 109 cm³/mol. The fourth-order valence-electron chi connectivity index (χ4n) is 4.17. The van der Waals surface area contributed by atoms with Gasteiger partial charge in [0.15, 0.2) is 0 Å². The number of ether oxygens (including phenoxy) is 1. The van der Waals surface area contributed by atoms with E-state index < -0.39 is 0 Å². The van der Waals surface area contributed by atoms with Crippen LogP contribution >= 0.6 is 0 Å². The number of benzene rings is 2. The van der Waals surface area contributed by atoms with Gasteiger partial charge >= 0.3 is 5.97 Å². The Bertz CT molecular complexity index is 960. The van der Waals surface area contributed by atoms with Crippen LogP contribution in [0.3, 0.4) is 0 Å². The molecule has 1 unspecified atom stereocenters. The summed E-state index contributed by atoms with van der Waals surface area (Å²) in [5.74, 6) is 0.0495. The summed E-state index contributed by atoms with van der Waals surface area (Å²) in [5, 5.41) is 0. The van der Waals surface area contributed by atoms with Crippen molar-refractivity contribution >= 4 is 11.5 Å². The minimum absolute atomic E-state index is 0.130. The molecule has 136 valence electrons. The number of esters is 1. The molecule has 4 rings (SSSR count). The SMILES string of the molecule is CC1=C2C(C(=O)OC(C)C)=CC(c3ccccc3)=C2C(c2ccccc2)C1. The van der Waals surface area contributed by atoms with Gasteiger partial charge in [0.05, 0.1) is 11.7 Å². The molecule has 1 atom stereocenters. The molecule has 2 aromatic rings. The average Bonchev–Trinajstić information content (AvgIpc) is 3.22. The molecule has 0 radical (unpaired) electrons. The normalized spacial score (nSPS) is 18.8. The fourth-order valence-corrected chi connectivity index (χ4v) is 4.17. The Hall–Kier alpha value is -2.87. The molecular formula is C25H24O2. The van der Waals surface area contributed by atoms with E-state index in [0.29, 0.717) is 5.57 Å². The molecule has 0 aliphatic heterocycles. The van der Waals surface area contributed by atoms with Gasteiger partial charge in [-0.05, 0) is 61.1 Å². The van der Waals surface area contributed by atoms with Crippen molar-refractivity contribution in [1.82, 2.24) is 0 Å². The minimum atomic E-state index is -0.225. The number of carbonyl (C=O) groups excluding carboxylic acids is 1. The largest absolute Gasteiger partial charge is 0.459 e. The lowest BCUT2D eigenvalue weighted by Crippen LogP contribution is -2.14. The topological polar surface area (TPSA) is 26.3 Å². The van der Waals surface area contributed by atoms with Crippen molar-refractivity contribution in [2.75, 3.05) is 0 Å². The Kier molecular flexibility index (Phi) is 4.57. The van der Waals surface area contributed by atoms with Gasteiger partial charge in [0, 0.05) is 5.92 Å². The Morgan fingerprint density at radius 3 is 2.26 bits per heavy atom. The molecule has 0 spiro atoms. The lowest BCUT2D eigenvalue weighted by atomic mass is 9.87. The lowest BCUT2D eigenvalue weighted by Gasteiger charge is -2.16. The number of allylic oxidation sites excluding steroid dienone is 4. The summed E-state index contributed by atoms with van der Waals surface area (Å²) in [4.78, 5) is 12.8. The molecule has 0 heterocycles. The van der Waals surface area contributed by atoms with Crippen LogP contribution in [0, 0.1) is 0 Å². The Balaban J connectivity index is 1.85. The van der Waals surface area contributed by atoms with Gasteiger partial charge in [0.25, 0.3) is 0 Å². The number of hydrogen-bond donors (Lipinski definition) is 0. The molecule has 0 aromatic heterocycles. The van der Waals surface area contributed by atoms with Crippen LogP contribution in [0.5, 0.6) is 0 Å². The van der Waals surface area contributed by atoms with Gasteiger partial charge in [-0.1, -0.05) is 66.2 Å². The van der Waals surface area contributed by atoms with Crippen molar-refractivity contribution in [3.8, 4) is 0 Å². The molecule has 2 aliphatic rings. The Morgan fingerprint density at radius 1 is 1.00 bits per heavy atom. The molecule has 0 bridgehead atoms. The summed E-state index contributed by atoms with van der Waals surface area (Å²) in [6, 6.07) is 20.9. The Morgan fingerprint density at radius 2 is 1.63 bits per heavy atom. The highest BCUT2D eigenvalue weighted by Gasteiger charge is 2.39. The predicted octanol–water partition coefficient (Wildman–Crippen LogP) is 5.84. The second-order valence-corrected chi connectivity index (χ2v) is 7.53. The van der Waals surface area contributed by atoms with Gasteiger partial charge in [-0.3, -0.25) is 0 Å². The smallest absolute Gasteiger partial charge is 0.339 e. The van der Waals surface area contributed by atoms with E-state index in [2.05, 4.69) is 43.3 Å². The van der Waals surface area contributed by atoms with Crippen LogP contribution in [0.25, 0.3) is 5.57 Å². The molecule has 0 amide bonds. The second kappa shape index (κ2) is 7.03. The maximum atomic E-state index is 12.8. The molecule has 2 heteroatoms. The zero-order chi connectivity index (χ0) is 19.0. The van der Waals surface area contributed by atoms with Gasteiger partial charge in [-0.25, -0.2) is 4.79 Å². The van der Waals surface area contributed by atoms with Crippen LogP contribution in [0.4, 0.5) is 0 Å². The molecule has 0 fully saturated rings. The molecular weight excluding hydrogens is 332 g/mol. The van der Waals surface area contributed by atoms with E-state index in [1.54, 1.807) is 0 Å². The summed E-state index contributed by atoms with van der Waals surface area (Å²) in [6.45, 7) is 5.92. The number of hydrogen-bond acceptors (Lipinski definition) is 2. The van der Waals surface area contributed by atoms with Crippen molar-refractivity contribution in [1.29, 1.82) is 0 Å². The van der Waals surface area contributed by atoms with Crippen molar-refractivity contribution in [2.24, 2.45) is 0 Å². The maximum absolute atomic E-state index is 12.8. The molecule has 2 aromatic carbocycles. The standard InChI is InChI=1S/C25H24O2/c1-16(2)27-25(26)22-15-21(19-12-8-5-9-13-19)24-20(14-17(3)23(22)24)18-10-6-4-7-11-18/h4-13,15-16,20H,14H2,1-3H3. The number of rotatable bonds is 4. The summed E-state index contributed by atoms with van der Waals surface area (Å²) < 4.78 is 5.55. The van der Waals surface area contributed by atoms with E-state index in [0.717, 1.165) is 23.1 Å². The van der Waals surface area contributed by atoms with Gasteiger partial charge in [0.1, 0.15) is 0 Å². The quantitative estimate of drug-likeness (QED) is 0.644. The van der Waals surface area contributed by atoms with E-state index in [1.165, 1.54) is 16.7 Å². The minimum Gasteiger partial charge on any atom is -0.459 e. The second-order valence-electron chi connectivity index (χ2n) is 7.53. The van der Waals surface area contributed by atoms with E-state index in [-0.39, 0.29) is 18.0 Å². The first-order valence-corrected chi connectivity index (χ1v) is 9.54. The highest BCUT2D eigenvalue weighted by atomic mass is 16.5. The fraction of sp³-hybridized carbons (Fsp3) is 0.240. The Labute approximate surface area is 160 Å². The monoisotopic (exact) mass is 356 g/mol. The average molecular weight is 356 g/mol. The maximum Gasteiger partial charge on any atom is 0.339 e. The van der Waals surface area contributed by atoms with Crippen molar-refractivity contribution in [2.45, 2.75) is 39.2 Å². The van der Waals surface area contributed by atoms with Crippen molar-refractivity contribution in [3.05, 3.63) is 100 Å². The van der Waals surface area contributed by atoms with Crippen LogP contribution in [0.15, 0.2) is 89.0 Å². The molecule has 2 nitrogen and oxygen atoms in total. The van der Waals surface area contributed by atoms with Crippen LogP contribution in [-0.4, -0.2) is 12.1 Å². The van der Waals surface area contributed by atoms with Crippen molar-refractivity contribution in [3.63, 3.8) is 0 Å². The molecule has 2 aliphatic carbocycles. The first-order chi connectivity index (χ1) is 13.1. The van der Waals surface area contributed by atoms with Crippen LogP contribution in [0.1, 0.15) is 44.2 Å². The van der Waals surface area contributed by atoms with Crippen LogP contribution in [0.2, 0.25) is 0 Å². The van der Waals surface area contributed by atoms with Gasteiger partial charge in [0.2, 0.25) is 0 Å². The zero-order valence-electron chi connectivity index (χ0n) is 16.0. The highest BCUT2D eigenvalue weighted by Crippen LogP contribution is 2.53. The van der Waals surface area contributed by atoms with Gasteiger partial charge in [-0.2, -0.15) is 0 Å². The van der Waals surface area contributed by atoms with E-state index in [4.69, 9.17) is 4.74 Å². The number of fused-ring (bicyclic) bond motifs is 1. The number of carbonyl (C=O) groups is 1. The summed E-state index contributed by atoms with van der Waals surface area (Å²) >= 11 is 0. The molecule has 27 heavy (non-hydrogen) atoms. The van der Waals surface area contributed by atoms with Gasteiger partial charge < -0.3 is 4.74 Å². The molecule has 0 saturated heterocycles. The lowest BCUT2D eigenvalue weighted by molar-refractivity contribution is -0.142. The summed E-state index contributed by atoms with van der Waals surface area (Å²) in [5.41, 5.74) is 7.90. The van der Waals surface area contributed by atoms with E-state index >= 15 is 0 Å². The third-order valence-electron chi connectivity index (χ3n) is 5.25. The highest BCUT2D eigenvalue weighted by molar-refractivity contribution is 6.05. The van der Waals surface area contributed by atoms with Crippen LogP contribution < -0.4 is 0 Å². The molecule has 0 saturated carbocycles.